The molecule has 158 valence electrons. The van der Waals surface area contributed by atoms with Gasteiger partial charge in [-0.15, -0.1) is 6.58 Å². The Bertz CT molecular complexity index is 399. The molecule has 0 aromatic carbocycles. The minimum atomic E-state index is -0.938. The highest BCUT2D eigenvalue weighted by Crippen LogP contribution is 2.32. The van der Waals surface area contributed by atoms with Crippen molar-refractivity contribution in [1.29, 1.82) is 0 Å². The third kappa shape index (κ3) is 12.6. The second kappa shape index (κ2) is 16.8. The highest BCUT2D eigenvalue weighted by Gasteiger charge is 2.38. The number of esters is 1. The molecule has 1 N–H and O–H groups in total. The number of hydrogen-bond donors (Lipinski definition) is 1. The summed E-state index contributed by atoms with van der Waals surface area (Å²) < 4.78 is 5.38. The number of unbranched alkanes of at least 4 members (excludes halogenated alkanes) is 11. The third-order valence-electron chi connectivity index (χ3n) is 5.56. The summed E-state index contributed by atoms with van der Waals surface area (Å²) in [6.45, 7) is 7.87. The monoisotopic (exact) mass is 382 g/mol. The molecule has 0 aromatic rings. The van der Waals surface area contributed by atoms with E-state index in [4.69, 9.17) is 9.84 Å². The zero-order valence-corrected chi connectivity index (χ0v) is 17.8. The van der Waals surface area contributed by atoms with Gasteiger partial charge in [0.2, 0.25) is 0 Å². The van der Waals surface area contributed by atoms with E-state index in [0.29, 0.717) is 19.4 Å². The summed E-state index contributed by atoms with van der Waals surface area (Å²) in [6, 6.07) is 0. The number of carbonyl (C=O) groups is 2. The van der Waals surface area contributed by atoms with Gasteiger partial charge in [0.1, 0.15) is 0 Å². The second-order valence-corrected chi connectivity index (χ2v) is 7.66. The number of carbonyl (C=O) groups excluding carboxylic acids is 1. The summed E-state index contributed by atoms with van der Waals surface area (Å²) in [5.74, 6) is -1.28. The topological polar surface area (TPSA) is 63.6 Å². The SMILES string of the molecule is C=CCCCCCCCCCCCCCOC(=O)C(CC)(CC)CC(=O)O. The Morgan fingerprint density at radius 3 is 1.70 bits per heavy atom. The van der Waals surface area contributed by atoms with Crippen molar-refractivity contribution < 1.29 is 19.4 Å². The molecule has 27 heavy (non-hydrogen) atoms. The van der Waals surface area contributed by atoms with Crippen LogP contribution in [0.1, 0.15) is 110 Å². The van der Waals surface area contributed by atoms with E-state index in [1.165, 1.54) is 57.8 Å². The first-order valence-corrected chi connectivity index (χ1v) is 11.0. The van der Waals surface area contributed by atoms with Gasteiger partial charge in [-0.1, -0.05) is 77.7 Å². The molecule has 0 radical (unpaired) electrons. The fraction of sp³-hybridized carbons (Fsp3) is 0.826. The zero-order valence-electron chi connectivity index (χ0n) is 17.8. The van der Waals surface area contributed by atoms with Crippen LogP contribution in [0.2, 0.25) is 0 Å². The van der Waals surface area contributed by atoms with Gasteiger partial charge in [-0.2, -0.15) is 0 Å². The summed E-state index contributed by atoms with van der Waals surface area (Å²) in [7, 11) is 0. The van der Waals surface area contributed by atoms with Gasteiger partial charge in [0, 0.05) is 0 Å². The fourth-order valence-corrected chi connectivity index (χ4v) is 3.45. The quantitative estimate of drug-likeness (QED) is 0.154. The van der Waals surface area contributed by atoms with Crippen molar-refractivity contribution >= 4 is 11.9 Å². The summed E-state index contributed by atoms with van der Waals surface area (Å²) in [6.07, 6.45) is 17.6. The maximum Gasteiger partial charge on any atom is 0.312 e. The van der Waals surface area contributed by atoms with Gasteiger partial charge in [-0.05, 0) is 32.1 Å². The zero-order chi connectivity index (χ0) is 20.4. The van der Waals surface area contributed by atoms with Crippen molar-refractivity contribution in [3.63, 3.8) is 0 Å². The van der Waals surface area contributed by atoms with Gasteiger partial charge in [-0.25, -0.2) is 0 Å². The number of carboxylic acids is 1. The van der Waals surface area contributed by atoms with E-state index in [9.17, 15) is 9.59 Å². The smallest absolute Gasteiger partial charge is 0.312 e. The Hall–Kier alpha value is -1.32. The van der Waals surface area contributed by atoms with Crippen LogP contribution in [0.15, 0.2) is 12.7 Å². The van der Waals surface area contributed by atoms with E-state index in [0.717, 1.165) is 19.3 Å². The lowest BCUT2D eigenvalue weighted by Gasteiger charge is -2.27. The van der Waals surface area contributed by atoms with Gasteiger partial charge < -0.3 is 9.84 Å². The van der Waals surface area contributed by atoms with Crippen molar-refractivity contribution in [2.75, 3.05) is 6.61 Å². The summed E-state index contributed by atoms with van der Waals surface area (Å²) >= 11 is 0. The number of hydrogen-bond acceptors (Lipinski definition) is 3. The molecule has 0 aliphatic rings. The fourth-order valence-electron chi connectivity index (χ4n) is 3.45. The van der Waals surface area contributed by atoms with E-state index in [2.05, 4.69) is 6.58 Å². The van der Waals surface area contributed by atoms with Crippen LogP contribution in [0.4, 0.5) is 0 Å². The van der Waals surface area contributed by atoms with Crippen molar-refractivity contribution in [2.24, 2.45) is 5.41 Å². The summed E-state index contributed by atoms with van der Waals surface area (Å²) in [5.41, 5.74) is -0.864. The van der Waals surface area contributed by atoms with Crippen LogP contribution < -0.4 is 0 Å². The van der Waals surface area contributed by atoms with Crippen LogP contribution in [-0.4, -0.2) is 23.7 Å². The van der Waals surface area contributed by atoms with Crippen LogP contribution in [0.25, 0.3) is 0 Å². The molecular weight excluding hydrogens is 340 g/mol. The highest BCUT2D eigenvalue weighted by molar-refractivity contribution is 5.82. The summed E-state index contributed by atoms with van der Waals surface area (Å²) in [4.78, 5) is 23.3. The molecule has 0 unspecified atom stereocenters. The van der Waals surface area contributed by atoms with Crippen LogP contribution in [0, 0.1) is 5.41 Å². The first-order chi connectivity index (χ1) is 13.0. The molecule has 0 aromatic heterocycles. The molecule has 4 heteroatoms. The first kappa shape index (κ1) is 25.7. The van der Waals surface area contributed by atoms with E-state index in [1.807, 2.05) is 19.9 Å². The molecule has 4 nitrogen and oxygen atoms in total. The molecule has 0 aliphatic heterocycles. The number of carboxylic acid groups (broad SMARTS) is 1. The first-order valence-electron chi connectivity index (χ1n) is 11.0. The Morgan fingerprint density at radius 2 is 1.30 bits per heavy atom. The Morgan fingerprint density at radius 1 is 0.852 bits per heavy atom. The van der Waals surface area contributed by atoms with Crippen molar-refractivity contribution in [3.05, 3.63) is 12.7 Å². The minimum absolute atomic E-state index is 0.146. The lowest BCUT2D eigenvalue weighted by molar-refractivity contribution is -0.162. The van der Waals surface area contributed by atoms with E-state index in [1.54, 1.807) is 0 Å². The molecular formula is C23H42O4. The van der Waals surface area contributed by atoms with Gasteiger partial charge >= 0.3 is 11.9 Å². The summed E-state index contributed by atoms with van der Waals surface area (Å²) in [5, 5.41) is 9.04. The number of rotatable bonds is 19. The molecule has 0 heterocycles. The molecule has 0 fully saturated rings. The van der Waals surface area contributed by atoms with E-state index < -0.39 is 11.4 Å². The van der Waals surface area contributed by atoms with Gasteiger partial charge in [0.25, 0.3) is 0 Å². The second-order valence-electron chi connectivity index (χ2n) is 7.66. The lowest BCUT2D eigenvalue weighted by Crippen LogP contribution is -2.34. The predicted molar refractivity (Wildman–Crippen MR) is 112 cm³/mol. The van der Waals surface area contributed by atoms with Crippen molar-refractivity contribution in [3.8, 4) is 0 Å². The number of aliphatic carboxylic acids is 1. The number of allylic oxidation sites excluding steroid dienone is 1. The Kier molecular flexibility index (Phi) is 16.0. The normalized spacial score (nSPS) is 11.3. The van der Waals surface area contributed by atoms with Crippen molar-refractivity contribution in [1.82, 2.24) is 0 Å². The van der Waals surface area contributed by atoms with Crippen LogP contribution in [-0.2, 0) is 14.3 Å². The molecule has 0 amide bonds. The van der Waals surface area contributed by atoms with Crippen molar-refractivity contribution in [2.45, 2.75) is 110 Å². The molecule has 0 spiro atoms. The molecule has 0 aliphatic carbocycles. The Labute approximate surface area is 166 Å². The maximum absolute atomic E-state index is 12.3. The number of ether oxygens (including phenoxy) is 1. The van der Waals surface area contributed by atoms with Gasteiger partial charge in [-0.3, -0.25) is 9.59 Å². The average molecular weight is 383 g/mol. The molecule has 0 bridgehead atoms. The molecule has 0 saturated heterocycles. The molecule has 0 rings (SSSR count). The van der Waals surface area contributed by atoms with Crippen LogP contribution in [0.5, 0.6) is 0 Å². The average Bonchev–Trinajstić information content (AvgIpc) is 2.66. The van der Waals surface area contributed by atoms with Crippen LogP contribution in [0.3, 0.4) is 0 Å². The lowest BCUT2D eigenvalue weighted by atomic mass is 9.79. The van der Waals surface area contributed by atoms with Gasteiger partial charge in [0.05, 0.1) is 18.4 Å². The highest BCUT2D eigenvalue weighted by atomic mass is 16.5. The van der Waals surface area contributed by atoms with E-state index in [-0.39, 0.29) is 12.4 Å². The minimum Gasteiger partial charge on any atom is -0.481 e. The largest absolute Gasteiger partial charge is 0.481 e. The van der Waals surface area contributed by atoms with Gasteiger partial charge in [0.15, 0.2) is 0 Å². The maximum atomic E-state index is 12.3. The predicted octanol–water partition coefficient (Wildman–Crippen LogP) is 6.68. The molecule has 0 saturated carbocycles. The van der Waals surface area contributed by atoms with Crippen LogP contribution >= 0.6 is 0 Å². The molecule has 0 atom stereocenters. The van der Waals surface area contributed by atoms with E-state index >= 15 is 0 Å². The third-order valence-corrected chi connectivity index (χ3v) is 5.56. The standard InChI is InChI=1S/C23H42O4/c1-4-7-8-9-10-11-12-13-14-15-16-17-18-19-27-22(26)23(5-2,6-3)20-21(24)25/h4H,1,5-20H2,2-3H3,(H,24,25). The Balaban J connectivity index is 3.61.